The van der Waals surface area contributed by atoms with E-state index in [-0.39, 0.29) is 7.92 Å². The summed E-state index contributed by atoms with van der Waals surface area (Å²) in [6, 6.07) is 2.39. The Kier molecular flexibility index (Phi) is 8.14. The van der Waals surface area contributed by atoms with Gasteiger partial charge in [-0.15, -0.1) is 11.3 Å². The molecule has 98 valence electrons. The molecule has 0 atom stereocenters. The molecule has 1 rings (SSSR count). The van der Waals surface area contributed by atoms with Crippen LogP contribution in [0.5, 0.6) is 0 Å². The SMILES string of the molecule is CCCCCP(CCCCC)c1ccsc1C. The highest BCUT2D eigenvalue weighted by atomic mass is 32.1. The molecule has 0 saturated heterocycles. The van der Waals surface area contributed by atoms with Crippen molar-refractivity contribution >= 4 is 24.6 Å². The van der Waals surface area contributed by atoms with E-state index in [1.807, 2.05) is 11.3 Å². The molecule has 0 fully saturated rings. The van der Waals surface area contributed by atoms with Gasteiger partial charge in [-0.2, -0.15) is 0 Å². The van der Waals surface area contributed by atoms with Crippen LogP contribution < -0.4 is 5.30 Å². The Morgan fingerprint density at radius 3 is 2.00 bits per heavy atom. The minimum Gasteiger partial charge on any atom is -0.149 e. The number of hydrogen-bond donors (Lipinski definition) is 0. The fraction of sp³-hybridized carbons (Fsp3) is 0.733. The molecule has 0 saturated carbocycles. The maximum absolute atomic E-state index is 2.39. The molecule has 2 heteroatoms. The number of unbranched alkanes of at least 4 members (excludes halogenated alkanes) is 4. The molecule has 0 aliphatic carbocycles. The van der Waals surface area contributed by atoms with Crippen molar-refractivity contribution in [2.45, 2.75) is 59.3 Å². The van der Waals surface area contributed by atoms with Crippen LogP contribution >= 0.6 is 19.3 Å². The maximum Gasteiger partial charge on any atom is 0.00909 e. The molecule has 1 aromatic rings. The van der Waals surface area contributed by atoms with E-state index in [0.29, 0.717) is 0 Å². The molecule has 0 unspecified atom stereocenters. The second-order valence-corrected chi connectivity index (χ2v) is 8.34. The van der Waals surface area contributed by atoms with Crippen LogP contribution in [0.25, 0.3) is 0 Å². The van der Waals surface area contributed by atoms with Crippen molar-refractivity contribution in [3.05, 3.63) is 16.3 Å². The number of rotatable bonds is 9. The van der Waals surface area contributed by atoms with Crippen LogP contribution in [0.4, 0.5) is 0 Å². The highest BCUT2D eigenvalue weighted by Gasteiger charge is 2.13. The van der Waals surface area contributed by atoms with Crippen molar-refractivity contribution in [3.8, 4) is 0 Å². The van der Waals surface area contributed by atoms with Crippen LogP contribution in [0, 0.1) is 6.92 Å². The Morgan fingerprint density at radius 1 is 1.00 bits per heavy atom. The molecule has 0 spiro atoms. The Morgan fingerprint density at radius 2 is 1.59 bits per heavy atom. The number of aryl methyl sites for hydroxylation is 1. The average molecular weight is 270 g/mol. The maximum atomic E-state index is 2.39. The summed E-state index contributed by atoms with van der Waals surface area (Å²) in [6.45, 7) is 6.90. The molecule has 0 radical (unpaired) electrons. The summed E-state index contributed by atoms with van der Waals surface area (Å²) in [5.74, 6) is 0. The summed E-state index contributed by atoms with van der Waals surface area (Å²) in [7, 11) is 0.148. The molecular formula is C15H27PS. The van der Waals surface area contributed by atoms with Crippen molar-refractivity contribution in [2.75, 3.05) is 12.3 Å². The second-order valence-electron chi connectivity index (χ2n) is 4.76. The third-order valence-corrected chi connectivity index (χ3v) is 7.11. The standard InChI is InChI=1S/C15H27PS/c1-4-6-8-11-16(12-9-7-5-2)15-10-13-17-14(15)3/h10,13H,4-9,11-12H2,1-3H3. The fourth-order valence-electron chi connectivity index (χ4n) is 2.16. The summed E-state index contributed by atoms with van der Waals surface area (Å²) >= 11 is 1.93. The topological polar surface area (TPSA) is 0 Å². The predicted molar refractivity (Wildman–Crippen MR) is 84.4 cm³/mol. The van der Waals surface area contributed by atoms with Crippen LogP contribution in [-0.2, 0) is 0 Å². The van der Waals surface area contributed by atoms with Crippen molar-refractivity contribution in [1.29, 1.82) is 0 Å². The summed E-state index contributed by atoms with van der Waals surface area (Å²) in [6.07, 6.45) is 11.3. The van der Waals surface area contributed by atoms with Gasteiger partial charge >= 0.3 is 0 Å². The highest BCUT2D eigenvalue weighted by molar-refractivity contribution is 7.66. The third kappa shape index (κ3) is 5.53. The van der Waals surface area contributed by atoms with Crippen molar-refractivity contribution < 1.29 is 0 Å². The van der Waals surface area contributed by atoms with E-state index in [1.54, 1.807) is 10.2 Å². The van der Waals surface area contributed by atoms with Crippen molar-refractivity contribution in [3.63, 3.8) is 0 Å². The zero-order valence-corrected chi connectivity index (χ0v) is 13.4. The first-order chi connectivity index (χ1) is 8.29. The van der Waals surface area contributed by atoms with Gasteiger partial charge in [-0.1, -0.05) is 47.5 Å². The molecule has 0 aliphatic rings. The first kappa shape index (κ1) is 15.2. The average Bonchev–Trinajstić information content (AvgIpc) is 2.74. The van der Waals surface area contributed by atoms with E-state index in [2.05, 4.69) is 32.2 Å². The van der Waals surface area contributed by atoms with E-state index in [0.717, 1.165) is 0 Å². The number of hydrogen-bond acceptors (Lipinski definition) is 1. The molecule has 0 aromatic carbocycles. The van der Waals surface area contributed by atoms with Crippen LogP contribution in [0.1, 0.15) is 57.2 Å². The summed E-state index contributed by atoms with van der Waals surface area (Å²) in [5, 5.41) is 3.98. The van der Waals surface area contributed by atoms with Gasteiger partial charge in [0.1, 0.15) is 0 Å². The Bertz CT molecular complexity index is 283. The lowest BCUT2D eigenvalue weighted by molar-refractivity contribution is 0.763. The molecule has 17 heavy (non-hydrogen) atoms. The smallest absolute Gasteiger partial charge is 0.00909 e. The zero-order valence-electron chi connectivity index (χ0n) is 11.7. The lowest BCUT2D eigenvalue weighted by atomic mass is 10.3. The van der Waals surface area contributed by atoms with Gasteiger partial charge < -0.3 is 0 Å². The monoisotopic (exact) mass is 270 g/mol. The largest absolute Gasteiger partial charge is 0.149 e. The minimum absolute atomic E-state index is 0.148. The molecule has 1 heterocycles. The summed E-state index contributed by atoms with van der Waals surface area (Å²) in [4.78, 5) is 1.57. The summed E-state index contributed by atoms with van der Waals surface area (Å²) in [5.41, 5.74) is 0. The van der Waals surface area contributed by atoms with Gasteiger partial charge in [-0.05, 0) is 48.8 Å². The van der Waals surface area contributed by atoms with E-state index in [9.17, 15) is 0 Å². The quantitative estimate of drug-likeness (QED) is 0.408. The lowest BCUT2D eigenvalue weighted by Crippen LogP contribution is -2.07. The fourth-order valence-corrected chi connectivity index (χ4v) is 6.05. The van der Waals surface area contributed by atoms with Gasteiger partial charge in [0.15, 0.2) is 0 Å². The molecule has 0 N–H and O–H groups in total. The predicted octanol–water partition coefficient (Wildman–Crippen LogP) is 5.54. The van der Waals surface area contributed by atoms with Gasteiger partial charge in [0, 0.05) is 4.88 Å². The van der Waals surface area contributed by atoms with Gasteiger partial charge in [0.2, 0.25) is 0 Å². The van der Waals surface area contributed by atoms with Gasteiger partial charge in [-0.25, -0.2) is 0 Å². The molecular weight excluding hydrogens is 243 g/mol. The van der Waals surface area contributed by atoms with Crippen LogP contribution in [-0.4, -0.2) is 12.3 Å². The van der Waals surface area contributed by atoms with E-state index < -0.39 is 0 Å². The molecule has 0 amide bonds. The Balaban J connectivity index is 2.49. The van der Waals surface area contributed by atoms with Crippen molar-refractivity contribution in [1.82, 2.24) is 0 Å². The minimum atomic E-state index is 0.148. The molecule has 0 aliphatic heterocycles. The Hall–Kier alpha value is 0.130. The van der Waals surface area contributed by atoms with Crippen LogP contribution in [0.15, 0.2) is 11.4 Å². The third-order valence-electron chi connectivity index (χ3n) is 3.24. The Labute approximate surface area is 113 Å². The lowest BCUT2D eigenvalue weighted by Gasteiger charge is -2.17. The van der Waals surface area contributed by atoms with Crippen LogP contribution in [0.2, 0.25) is 0 Å². The normalized spacial score (nSPS) is 11.3. The van der Waals surface area contributed by atoms with Crippen LogP contribution in [0.3, 0.4) is 0 Å². The van der Waals surface area contributed by atoms with Gasteiger partial charge in [-0.3, -0.25) is 0 Å². The first-order valence-electron chi connectivity index (χ1n) is 7.08. The van der Waals surface area contributed by atoms with Gasteiger partial charge in [0.05, 0.1) is 0 Å². The first-order valence-corrected chi connectivity index (χ1v) is 9.67. The van der Waals surface area contributed by atoms with E-state index >= 15 is 0 Å². The van der Waals surface area contributed by atoms with E-state index in [4.69, 9.17) is 0 Å². The molecule has 1 aromatic heterocycles. The second kappa shape index (κ2) is 9.11. The number of thiophene rings is 1. The molecule has 0 nitrogen and oxygen atoms in total. The van der Waals surface area contributed by atoms with Crippen molar-refractivity contribution in [2.24, 2.45) is 0 Å². The molecule has 0 bridgehead atoms. The summed E-state index contributed by atoms with van der Waals surface area (Å²) < 4.78 is 0. The zero-order chi connectivity index (χ0) is 12.5. The van der Waals surface area contributed by atoms with Gasteiger partial charge in [0.25, 0.3) is 0 Å². The highest BCUT2D eigenvalue weighted by Crippen LogP contribution is 2.39. The van der Waals surface area contributed by atoms with E-state index in [1.165, 1.54) is 50.8 Å².